The first-order valence-electron chi connectivity index (χ1n) is 6.05. The van der Waals surface area contributed by atoms with E-state index < -0.39 is 18.1 Å². The zero-order chi connectivity index (χ0) is 11.7. The molecule has 1 fully saturated rings. The van der Waals surface area contributed by atoms with Crippen LogP contribution < -0.4 is 5.31 Å². The highest BCUT2D eigenvalue weighted by molar-refractivity contribution is 5.81. The molecule has 2 nitrogen and oxygen atoms in total. The molecule has 0 spiro atoms. The highest BCUT2D eigenvalue weighted by Crippen LogP contribution is 2.14. The lowest BCUT2D eigenvalue weighted by molar-refractivity contribution is -0.123. The number of hydrogen-bond donors (Lipinski definition) is 1. The second-order valence-corrected chi connectivity index (χ2v) is 2.63. The van der Waals surface area contributed by atoms with Gasteiger partial charge in [-0.15, -0.1) is 0 Å². The van der Waals surface area contributed by atoms with E-state index in [0.717, 1.165) is 0 Å². The molecule has 2 heteroatoms. The average molecular weight is 159 g/mol. The lowest BCUT2D eigenvalue weighted by atomic mass is 9.91. The third-order valence-electron chi connectivity index (χ3n) is 1.80. The second kappa shape index (κ2) is 4.50. The number of piperidine rings is 1. The molecule has 0 radical (unpaired) electrons. The normalized spacial score (nSPS) is 31.4. The van der Waals surface area contributed by atoms with Crippen LogP contribution in [0, 0.1) is 5.89 Å². The fraction of sp³-hybridized carbons (Fsp3) is 0.889. The van der Waals surface area contributed by atoms with Crippen LogP contribution in [-0.2, 0) is 4.79 Å². The van der Waals surface area contributed by atoms with Crippen molar-refractivity contribution in [3.8, 4) is 0 Å². The smallest absolute Gasteiger partial charge is 0.136 e. The number of nitrogens with one attached hydrogen (secondary N) is 1. The molecule has 0 atom stereocenters. The molecule has 1 saturated heterocycles. The van der Waals surface area contributed by atoms with Crippen LogP contribution in [0.2, 0.25) is 1.41 Å². The van der Waals surface area contributed by atoms with E-state index in [-0.39, 0.29) is 19.3 Å². The summed E-state index contributed by atoms with van der Waals surface area (Å²) in [6.07, 6.45) is -1.27. The summed E-state index contributed by atoms with van der Waals surface area (Å²) in [5.41, 5.74) is 0. The van der Waals surface area contributed by atoms with Gasteiger partial charge in [-0.2, -0.15) is 0 Å². The van der Waals surface area contributed by atoms with Crippen molar-refractivity contribution in [3.63, 3.8) is 0 Å². The minimum atomic E-state index is -1.90. The van der Waals surface area contributed by atoms with Crippen LogP contribution in [0.1, 0.15) is 36.7 Å². The number of Topliss-reactive ketones (excluding diaryl/α,β-unsaturated/α-hetero) is 1. The van der Waals surface area contributed by atoms with Crippen molar-refractivity contribution < 1.29 is 10.3 Å². The summed E-state index contributed by atoms with van der Waals surface area (Å²) in [4.78, 5) is 11.8. The molecule has 0 aliphatic carbocycles. The van der Waals surface area contributed by atoms with Gasteiger partial charge in [0.2, 0.25) is 0 Å². The maximum Gasteiger partial charge on any atom is 0.136 e. The van der Waals surface area contributed by atoms with Gasteiger partial charge in [0.25, 0.3) is 0 Å². The molecule has 1 aliphatic rings. The Bertz CT molecular complexity index is 248. The molecule has 0 unspecified atom stereocenters. The van der Waals surface area contributed by atoms with Gasteiger partial charge in [0.05, 0.1) is 0 Å². The molecule has 1 aliphatic heterocycles. The largest absolute Gasteiger partial charge is 0.317 e. The maximum absolute atomic E-state index is 11.8. The van der Waals surface area contributed by atoms with Gasteiger partial charge < -0.3 is 5.31 Å². The van der Waals surface area contributed by atoms with Crippen LogP contribution in [0.4, 0.5) is 0 Å². The summed E-state index contributed by atoms with van der Waals surface area (Å²) < 4.78 is 30.4. The Hall–Kier alpha value is -0.370. The zero-order valence-electron chi connectivity index (χ0n) is 10.9. The van der Waals surface area contributed by atoms with Gasteiger partial charge in [0.1, 0.15) is 7.20 Å². The van der Waals surface area contributed by atoms with E-state index >= 15 is 0 Å². The lowest BCUT2D eigenvalue weighted by Crippen LogP contribution is -2.31. The van der Waals surface area contributed by atoms with Gasteiger partial charge in [-0.1, -0.05) is 6.92 Å². The Labute approximate surface area is 74.0 Å². The van der Waals surface area contributed by atoms with Gasteiger partial charge in [-0.25, -0.2) is 0 Å². The van der Waals surface area contributed by atoms with E-state index in [1.165, 1.54) is 5.31 Å². The fourth-order valence-electron chi connectivity index (χ4n) is 1.18. The van der Waals surface area contributed by atoms with E-state index in [1.54, 1.807) is 6.92 Å². The molecule has 0 saturated carbocycles. The van der Waals surface area contributed by atoms with E-state index in [2.05, 4.69) is 0 Å². The Morgan fingerprint density at radius 3 is 3.00 bits per heavy atom. The zero-order valence-corrected chi connectivity index (χ0v) is 6.89. The summed E-state index contributed by atoms with van der Waals surface area (Å²) >= 11 is 0. The quantitative estimate of drug-likeness (QED) is 0.673. The maximum atomic E-state index is 11.8. The Kier molecular flexibility index (Phi) is 1.88. The van der Waals surface area contributed by atoms with Crippen molar-refractivity contribution in [1.29, 1.82) is 0 Å². The van der Waals surface area contributed by atoms with Crippen molar-refractivity contribution in [3.05, 3.63) is 0 Å². The van der Waals surface area contributed by atoms with Gasteiger partial charge >= 0.3 is 0 Å². The predicted octanol–water partition coefficient (Wildman–Crippen LogP) is 1.36. The molecule has 0 aromatic heterocycles. The van der Waals surface area contributed by atoms with E-state index in [9.17, 15) is 4.79 Å². The van der Waals surface area contributed by atoms with Crippen LogP contribution in [0.5, 0.6) is 0 Å². The van der Waals surface area contributed by atoms with Crippen LogP contribution in [0.25, 0.3) is 0 Å². The van der Waals surface area contributed by atoms with Crippen molar-refractivity contribution >= 4 is 5.78 Å². The highest BCUT2D eigenvalue weighted by Gasteiger charge is 2.19. The van der Waals surface area contributed by atoms with Crippen LogP contribution in [0.15, 0.2) is 0 Å². The summed E-state index contributed by atoms with van der Waals surface area (Å²) in [5.74, 6) is -1.94. The Morgan fingerprint density at radius 2 is 2.45 bits per heavy atom. The molecule has 0 bridgehead atoms. The molecule has 0 aromatic carbocycles. The van der Waals surface area contributed by atoms with Gasteiger partial charge in [-0.05, 0) is 32.4 Å². The van der Waals surface area contributed by atoms with Crippen LogP contribution in [0.3, 0.4) is 0 Å². The molecule has 64 valence electrons. The standard InChI is InChI=1S/C9H17NO/c1-2-3-9(11)8-4-6-10-7-5-8/h8,10H,2-7H2,1H3/i3D2,8D/hD. The van der Waals surface area contributed by atoms with Crippen molar-refractivity contribution in [2.75, 3.05) is 13.1 Å². The van der Waals surface area contributed by atoms with Crippen LogP contribution >= 0.6 is 0 Å². The minimum absolute atomic E-state index is 0.108. The number of carbonyl (C=O) groups is 1. The summed E-state index contributed by atoms with van der Waals surface area (Å²) in [7, 11) is 0. The number of rotatable bonds is 3. The van der Waals surface area contributed by atoms with E-state index in [0.29, 0.717) is 13.1 Å². The number of ketones is 1. The topological polar surface area (TPSA) is 29.1 Å². The van der Waals surface area contributed by atoms with Crippen molar-refractivity contribution in [2.24, 2.45) is 5.89 Å². The third-order valence-corrected chi connectivity index (χ3v) is 1.80. The van der Waals surface area contributed by atoms with Gasteiger partial charge in [-0.3, -0.25) is 4.79 Å². The average Bonchev–Trinajstić information content (AvgIpc) is 2.21. The van der Waals surface area contributed by atoms with Crippen molar-refractivity contribution in [1.82, 2.24) is 5.31 Å². The molecule has 1 N–H and O–H groups in total. The Morgan fingerprint density at radius 1 is 1.82 bits per heavy atom. The molecule has 1 rings (SSSR count). The molecule has 11 heavy (non-hydrogen) atoms. The summed E-state index contributed by atoms with van der Waals surface area (Å²) in [6, 6.07) is 0. The molecular formula is C9H17NO. The molecule has 0 aromatic rings. The first kappa shape index (κ1) is 4.61. The molecule has 1 heterocycles. The monoisotopic (exact) mass is 159 g/mol. The highest BCUT2D eigenvalue weighted by atomic mass is 16.1. The van der Waals surface area contributed by atoms with Gasteiger partial charge in [0.15, 0.2) is 0 Å². The fourth-order valence-corrected chi connectivity index (χ4v) is 1.18. The first-order valence-corrected chi connectivity index (χ1v) is 4.10. The molecule has 0 amide bonds. The third kappa shape index (κ3) is 2.62. The predicted molar refractivity (Wildman–Crippen MR) is 45.5 cm³/mol. The van der Waals surface area contributed by atoms with Crippen molar-refractivity contribution in [2.45, 2.75) is 32.6 Å². The van der Waals surface area contributed by atoms with E-state index in [4.69, 9.17) is 5.52 Å². The molecular weight excluding hydrogens is 138 g/mol. The minimum Gasteiger partial charge on any atom is -0.317 e. The van der Waals surface area contributed by atoms with E-state index in [1.807, 2.05) is 0 Å². The summed E-state index contributed by atoms with van der Waals surface area (Å²) in [6.45, 7) is 2.35. The van der Waals surface area contributed by atoms with Crippen LogP contribution in [-0.4, -0.2) is 18.9 Å². The van der Waals surface area contributed by atoms with Gasteiger partial charge in [0, 0.05) is 16.4 Å². The first-order chi connectivity index (χ1) is 6.82. The summed E-state index contributed by atoms with van der Waals surface area (Å²) in [5, 5.41) is 1.32. The lowest BCUT2D eigenvalue weighted by Gasteiger charge is -2.20. The number of hydrogen-bond acceptors (Lipinski definition) is 2. The number of carbonyl (C=O) groups excluding carboxylic acids is 1. The second-order valence-electron chi connectivity index (χ2n) is 2.63. The Balaban J connectivity index is 2.74. The SMILES string of the molecule is [2H]N1CCC([2H])(C(=O)C([2H])([2H])CC)CC1.